The highest BCUT2D eigenvalue weighted by Crippen LogP contribution is 2.22. The van der Waals surface area contributed by atoms with E-state index >= 15 is 0 Å². The maximum Gasteiger partial charge on any atom is 0.337 e. The van der Waals surface area contributed by atoms with Crippen molar-refractivity contribution in [3.8, 4) is 0 Å². The molecule has 80 valence electrons. The van der Waals surface area contributed by atoms with E-state index in [-0.39, 0.29) is 5.97 Å². The fourth-order valence-corrected chi connectivity index (χ4v) is 1.95. The topological polar surface area (TPSA) is 38.3 Å². The maximum atomic E-state index is 11.2. The van der Waals surface area contributed by atoms with Gasteiger partial charge in [-0.1, -0.05) is 12.1 Å². The second kappa shape index (κ2) is 4.45. The molecule has 0 aromatic heterocycles. The molecule has 1 N–H and O–H groups in total. The lowest BCUT2D eigenvalue weighted by atomic mass is 9.97. The molecule has 3 nitrogen and oxygen atoms in total. The summed E-state index contributed by atoms with van der Waals surface area (Å²) in [7, 11) is 1.40. The lowest BCUT2D eigenvalue weighted by molar-refractivity contribution is 0.0600. The molecule has 0 spiro atoms. The Morgan fingerprint density at radius 3 is 2.67 bits per heavy atom. The summed E-state index contributed by atoms with van der Waals surface area (Å²) in [4.78, 5) is 11.2. The predicted molar refractivity (Wildman–Crippen MR) is 58.0 cm³/mol. The minimum absolute atomic E-state index is 0.272. The smallest absolute Gasteiger partial charge is 0.337 e. The van der Waals surface area contributed by atoms with E-state index in [4.69, 9.17) is 0 Å². The molecule has 0 saturated carbocycles. The van der Waals surface area contributed by atoms with Gasteiger partial charge in [-0.2, -0.15) is 0 Å². The zero-order chi connectivity index (χ0) is 10.7. The molecule has 0 radical (unpaired) electrons. The van der Waals surface area contributed by atoms with Crippen LogP contribution in [0.2, 0.25) is 0 Å². The molecule has 1 fully saturated rings. The van der Waals surface area contributed by atoms with Gasteiger partial charge in [0, 0.05) is 6.54 Å². The summed E-state index contributed by atoms with van der Waals surface area (Å²) in [5.41, 5.74) is 1.92. The Morgan fingerprint density at radius 2 is 2.13 bits per heavy atom. The monoisotopic (exact) mass is 205 g/mol. The van der Waals surface area contributed by atoms with Crippen molar-refractivity contribution in [1.82, 2.24) is 5.32 Å². The van der Waals surface area contributed by atoms with E-state index in [2.05, 4.69) is 10.1 Å². The number of hydrogen-bond donors (Lipinski definition) is 1. The van der Waals surface area contributed by atoms with Crippen molar-refractivity contribution in [2.24, 2.45) is 0 Å². The third-order valence-corrected chi connectivity index (χ3v) is 2.86. The number of ether oxygens (including phenoxy) is 1. The van der Waals surface area contributed by atoms with Crippen LogP contribution in [0.4, 0.5) is 0 Å². The first-order valence-electron chi connectivity index (χ1n) is 5.20. The first kappa shape index (κ1) is 10.2. The summed E-state index contributed by atoms with van der Waals surface area (Å²) in [6.45, 7) is 2.13. The van der Waals surface area contributed by atoms with E-state index in [1.54, 1.807) is 0 Å². The molecule has 1 unspecified atom stereocenters. The Morgan fingerprint density at radius 1 is 1.40 bits per heavy atom. The van der Waals surface area contributed by atoms with E-state index in [0.717, 1.165) is 13.1 Å². The van der Waals surface area contributed by atoms with Gasteiger partial charge in [-0.3, -0.25) is 0 Å². The average Bonchev–Trinajstić information content (AvgIpc) is 2.82. The molecular weight excluding hydrogens is 190 g/mol. The lowest BCUT2D eigenvalue weighted by Gasteiger charge is -2.08. The molecule has 1 heterocycles. The number of carbonyl (C=O) groups excluding carboxylic acids is 1. The van der Waals surface area contributed by atoms with Crippen molar-refractivity contribution in [1.29, 1.82) is 0 Å². The van der Waals surface area contributed by atoms with Crippen molar-refractivity contribution < 1.29 is 9.53 Å². The van der Waals surface area contributed by atoms with Gasteiger partial charge in [0.15, 0.2) is 0 Å². The van der Waals surface area contributed by atoms with E-state index in [1.165, 1.54) is 19.1 Å². The Balaban J connectivity index is 2.12. The molecule has 0 aliphatic carbocycles. The van der Waals surface area contributed by atoms with Crippen LogP contribution in [0.1, 0.15) is 28.3 Å². The lowest BCUT2D eigenvalue weighted by Crippen LogP contribution is -2.08. The molecular formula is C12H15NO2. The van der Waals surface area contributed by atoms with E-state index in [1.807, 2.05) is 24.3 Å². The zero-order valence-corrected chi connectivity index (χ0v) is 8.82. The Hall–Kier alpha value is -1.35. The molecule has 1 aromatic carbocycles. The number of methoxy groups -OCH3 is 1. The Kier molecular flexibility index (Phi) is 3.02. The number of carbonyl (C=O) groups is 1. The SMILES string of the molecule is COC(=O)c1ccc(C2CCNC2)cc1. The highest BCUT2D eigenvalue weighted by Gasteiger charge is 2.16. The molecule has 2 rings (SSSR count). The third-order valence-electron chi connectivity index (χ3n) is 2.86. The Bertz CT molecular complexity index is 339. The van der Waals surface area contributed by atoms with Gasteiger partial charge < -0.3 is 10.1 Å². The van der Waals surface area contributed by atoms with Gasteiger partial charge in [-0.05, 0) is 36.6 Å². The molecule has 1 aliphatic heterocycles. The molecule has 0 bridgehead atoms. The van der Waals surface area contributed by atoms with Crippen LogP contribution in [-0.4, -0.2) is 26.2 Å². The van der Waals surface area contributed by atoms with Gasteiger partial charge in [-0.25, -0.2) is 4.79 Å². The maximum absolute atomic E-state index is 11.2. The summed E-state index contributed by atoms with van der Waals surface area (Å²) < 4.78 is 4.65. The van der Waals surface area contributed by atoms with Crippen LogP contribution in [0.25, 0.3) is 0 Å². The van der Waals surface area contributed by atoms with Crippen molar-refractivity contribution in [3.05, 3.63) is 35.4 Å². The summed E-state index contributed by atoms with van der Waals surface area (Å²) in [6, 6.07) is 7.70. The summed E-state index contributed by atoms with van der Waals surface area (Å²) in [5.74, 6) is 0.322. The van der Waals surface area contributed by atoms with Gasteiger partial charge in [-0.15, -0.1) is 0 Å². The van der Waals surface area contributed by atoms with Crippen LogP contribution in [0.5, 0.6) is 0 Å². The number of rotatable bonds is 2. The third kappa shape index (κ3) is 2.18. The Labute approximate surface area is 89.4 Å². The summed E-state index contributed by atoms with van der Waals surface area (Å²) >= 11 is 0. The molecule has 1 atom stereocenters. The quantitative estimate of drug-likeness (QED) is 0.744. The number of hydrogen-bond acceptors (Lipinski definition) is 3. The van der Waals surface area contributed by atoms with Crippen molar-refractivity contribution in [3.63, 3.8) is 0 Å². The van der Waals surface area contributed by atoms with Gasteiger partial charge in [0.2, 0.25) is 0 Å². The van der Waals surface area contributed by atoms with E-state index in [0.29, 0.717) is 11.5 Å². The largest absolute Gasteiger partial charge is 0.465 e. The van der Waals surface area contributed by atoms with Crippen LogP contribution in [-0.2, 0) is 4.74 Å². The second-order valence-electron chi connectivity index (χ2n) is 3.80. The fourth-order valence-electron chi connectivity index (χ4n) is 1.95. The van der Waals surface area contributed by atoms with Crippen LogP contribution in [0.3, 0.4) is 0 Å². The summed E-state index contributed by atoms with van der Waals surface area (Å²) in [6.07, 6.45) is 1.18. The number of nitrogens with one attached hydrogen (secondary N) is 1. The van der Waals surface area contributed by atoms with Gasteiger partial charge in [0.1, 0.15) is 0 Å². The van der Waals surface area contributed by atoms with E-state index in [9.17, 15) is 4.79 Å². The van der Waals surface area contributed by atoms with Crippen LogP contribution >= 0.6 is 0 Å². The first-order chi connectivity index (χ1) is 7.31. The number of esters is 1. The molecule has 1 saturated heterocycles. The van der Waals surface area contributed by atoms with Gasteiger partial charge in [0.25, 0.3) is 0 Å². The van der Waals surface area contributed by atoms with Gasteiger partial charge in [0.05, 0.1) is 12.7 Å². The van der Waals surface area contributed by atoms with Crippen molar-refractivity contribution in [2.45, 2.75) is 12.3 Å². The molecule has 3 heteroatoms. The highest BCUT2D eigenvalue weighted by molar-refractivity contribution is 5.89. The van der Waals surface area contributed by atoms with Crippen LogP contribution < -0.4 is 5.32 Å². The standard InChI is InChI=1S/C12H15NO2/c1-15-12(14)10-4-2-9(3-5-10)11-6-7-13-8-11/h2-5,11,13H,6-8H2,1H3. The number of benzene rings is 1. The van der Waals surface area contributed by atoms with Crippen molar-refractivity contribution >= 4 is 5.97 Å². The molecule has 15 heavy (non-hydrogen) atoms. The molecule has 1 aliphatic rings. The summed E-state index contributed by atoms with van der Waals surface area (Å²) in [5, 5.41) is 3.33. The first-order valence-corrected chi connectivity index (χ1v) is 5.20. The average molecular weight is 205 g/mol. The normalized spacial score (nSPS) is 20.2. The fraction of sp³-hybridized carbons (Fsp3) is 0.417. The highest BCUT2D eigenvalue weighted by atomic mass is 16.5. The van der Waals surface area contributed by atoms with Crippen LogP contribution in [0.15, 0.2) is 24.3 Å². The predicted octanol–water partition coefficient (Wildman–Crippen LogP) is 1.55. The molecule has 0 amide bonds. The van der Waals surface area contributed by atoms with Crippen molar-refractivity contribution in [2.75, 3.05) is 20.2 Å². The minimum Gasteiger partial charge on any atom is -0.465 e. The van der Waals surface area contributed by atoms with Gasteiger partial charge >= 0.3 is 5.97 Å². The zero-order valence-electron chi connectivity index (χ0n) is 8.82. The van der Waals surface area contributed by atoms with Crippen LogP contribution in [0, 0.1) is 0 Å². The second-order valence-corrected chi connectivity index (χ2v) is 3.80. The van der Waals surface area contributed by atoms with E-state index < -0.39 is 0 Å². The molecule has 1 aromatic rings. The minimum atomic E-state index is -0.272.